The van der Waals surface area contributed by atoms with E-state index in [0.717, 1.165) is 0 Å². The van der Waals surface area contributed by atoms with Crippen LogP contribution >= 0.6 is 0 Å². The van der Waals surface area contributed by atoms with Crippen LogP contribution in [0, 0.1) is 14.8 Å². The third-order valence-corrected chi connectivity index (χ3v) is 1.70. The molecule has 0 N–H and O–H groups in total. The predicted octanol–water partition coefficient (Wildman–Crippen LogP) is -1.08. The van der Waals surface area contributed by atoms with E-state index in [0.29, 0.717) is 0 Å². The molecule has 0 bridgehead atoms. The average Bonchev–Trinajstić information content (AvgIpc) is 2.05. The molecule has 0 heterocycles. The van der Waals surface area contributed by atoms with Crippen LogP contribution in [0.2, 0.25) is 0 Å². The van der Waals surface area contributed by atoms with Crippen molar-refractivity contribution in [2.75, 3.05) is 0 Å². The topological polar surface area (TPSA) is 72.4 Å². The van der Waals surface area contributed by atoms with Crippen molar-refractivity contribution in [3.63, 3.8) is 0 Å². The summed E-state index contributed by atoms with van der Waals surface area (Å²) in [6, 6.07) is 7.93. The van der Waals surface area contributed by atoms with E-state index < -0.39 is 20.8 Å². The number of carbonyl (C=O) groups is 1. The minimum atomic E-state index is -3.45. The Hall–Kier alpha value is 0.571. The molecule has 0 aromatic heterocycles. The molecule has 1 aromatic rings. The molecule has 14 heavy (non-hydrogen) atoms. The number of rotatable bonds is 2. The summed E-state index contributed by atoms with van der Waals surface area (Å²) in [5, 5.41) is 0. The van der Waals surface area contributed by atoms with E-state index >= 15 is 0 Å². The van der Waals surface area contributed by atoms with E-state index in [4.69, 9.17) is 0 Å². The van der Waals surface area contributed by atoms with Crippen molar-refractivity contribution in [3.8, 4) is 0 Å². The van der Waals surface area contributed by atoms with Crippen molar-refractivity contribution >= 4 is 5.97 Å². The molecule has 0 atom stereocenters. The Balaban J connectivity index is 0. The molecule has 7 heteroatoms. The molecule has 4 nitrogen and oxygen atoms in total. The van der Waals surface area contributed by atoms with Gasteiger partial charge in [-0.3, -0.25) is 0 Å². The minimum absolute atomic E-state index is 0. The van der Waals surface area contributed by atoms with Gasteiger partial charge >= 0.3 is 20.8 Å². The summed E-state index contributed by atoms with van der Waals surface area (Å²) in [7, 11) is 0. The number of carbonyl (C=O) groups excluding carboxylic acids is 1. The van der Waals surface area contributed by atoms with Crippen LogP contribution in [0.3, 0.4) is 0 Å². The summed E-state index contributed by atoms with van der Waals surface area (Å²) in [6.07, 6.45) is 0. The van der Waals surface area contributed by atoms with Crippen LogP contribution in [-0.4, -0.2) is 5.97 Å². The van der Waals surface area contributed by atoms with Gasteiger partial charge in [0.2, 0.25) is 0 Å². The van der Waals surface area contributed by atoms with Gasteiger partial charge in [-0.1, -0.05) is 22.0 Å². The fraction of sp³-hybridized carbons (Fsp3) is 0. The second-order valence-electron chi connectivity index (χ2n) is 1.92. The molecule has 0 spiro atoms. The molecular weight excluding hydrogens is 444 g/mol. The molecule has 0 saturated heterocycles. The van der Waals surface area contributed by atoms with Gasteiger partial charge in [0.05, 0.1) is 5.56 Å². The van der Waals surface area contributed by atoms with E-state index in [1.165, 1.54) is 12.1 Å². The minimum Gasteiger partial charge on any atom is -0.361 e. The van der Waals surface area contributed by atoms with Crippen LogP contribution in [0.4, 0.5) is 0 Å². The number of hydrogen-bond acceptors (Lipinski definition) is 4. The first kappa shape index (κ1) is 17.0. The van der Waals surface area contributed by atoms with Crippen LogP contribution in [0.1, 0.15) is 10.4 Å². The Labute approximate surface area is 117 Å². The smallest absolute Gasteiger partial charge is 0.361 e. The van der Waals surface area contributed by atoms with Crippen molar-refractivity contribution in [1.29, 1.82) is 0 Å². The SMILES string of the molecule is O=C(O[Br+2]([O-])[O-])c1ccccc1.[Ag].[Ag]. The first-order valence-electron chi connectivity index (χ1n) is 3.03. The second-order valence-corrected chi connectivity index (χ2v) is 3.04. The standard InChI is InChI=1S/C7H5BrO4.2Ag/c9-7(12-8(10)11)6-4-2-1-3-5-6;;/h1-5H;;. The van der Waals surface area contributed by atoms with Crippen LogP contribution in [-0.2, 0) is 48.6 Å². The average molecular weight is 449 g/mol. The largest absolute Gasteiger partial charge is 0.506 e. The normalized spacial score (nSPS) is 8.50. The van der Waals surface area contributed by atoms with Crippen LogP contribution in [0.15, 0.2) is 30.3 Å². The number of halogens is 1. The molecule has 1 rings (SSSR count). The van der Waals surface area contributed by atoms with E-state index in [2.05, 4.69) is 3.83 Å². The first-order chi connectivity index (χ1) is 5.70. The second kappa shape index (κ2) is 8.84. The Morgan fingerprint density at radius 1 is 1.14 bits per heavy atom. The fourth-order valence-electron chi connectivity index (χ4n) is 0.676. The maximum atomic E-state index is 10.9. The Kier molecular flexibility index (Phi) is 10.7. The molecule has 0 fully saturated rings. The van der Waals surface area contributed by atoms with Gasteiger partial charge < -0.3 is 8.40 Å². The van der Waals surface area contributed by atoms with Gasteiger partial charge in [-0.25, -0.2) is 4.79 Å². The predicted molar refractivity (Wildman–Crippen MR) is 31.9 cm³/mol. The van der Waals surface area contributed by atoms with Crippen LogP contribution in [0.25, 0.3) is 0 Å². The zero-order valence-corrected chi connectivity index (χ0v) is 11.1. The van der Waals surface area contributed by atoms with Crippen LogP contribution < -0.4 is 8.40 Å². The third-order valence-electron chi connectivity index (χ3n) is 1.14. The number of benzene rings is 1. The quantitative estimate of drug-likeness (QED) is 0.540. The molecule has 0 aliphatic heterocycles. The van der Waals surface area contributed by atoms with Crippen molar-refractivity contribution in [2.45, 2.75) is 0 Å². The first-order valence-corrected chi connectivity index (χ1v) is 4.97. The van der Waals surface area contributed by atoms with Gasteiger partial charge in [-0.2, -0.15) is 0 Å². The Bertz CT molecular complexity index is 268. The van der Waals surface area contributed by atoms with E-state index in [9.17, 15) is 13.2 Å². The van der Waals surface area contributed by atoms with Gasteiger partial charge in [-0.05, 0) is 12.1 Å². The molecule has 1 aromatic carbocycles. The van der Waals surface area contributed by atoms with E-state index in [1.54, 1.807) is 18.2 Å². The molecule has 86 valence electrons. The van der Waals surface area contributed by atoms with Gasteiger partial charge in [0.1, 0.15) is 0 Å². The Morgan fingerprint density at radius 2 is 1.64 bits per heavy atom. The zero-order valence-electron chi connectivity index (χ0n) is 6.50. The van der Waals surface area contributed by atoms with E-state index in [1.807, 2.05) is 0 Å². The van der Waals surface area contributed by atoms with Gasteiger partial charge in [0, 0.05) is 44.8 Å². The van der Waals surface area contributed by atoms with Crippen molar-refractivity contribution in [1.82, 2.24) is 0 Å². The summed E-state index contributed by atoms with van der Waals surface area (Å²) in [5.41, 5.74) is 0.229. The van der Waals surface area contributed by atoms with Crippen molar-refractivity contribution in [3.05, 3.63) is 35.9 Å². The number of hydrogen-bond donors (Lipinski definition) is 0. The van der Waals surface area contributed by atoms with Crippen molar-refractivity contribution in [2.24, 2.45) is 0 Å². The van der Waals surface area contributed by atoms with Gasteiger partial charge in [-0.15, -0.1) is 0 Å². The molecular formula is C7H5Ag2BrO4. The molecule has 0 unspecified atom stereocenters. The summed E-state index contributed by atoms with van der Waals surface area (Å²) in [6.45, 7) is 0. The third kappa shape index (κ3) is 6.13. The molecule has 0 amide bonds. The summed E-state index contributed by atoms with van der Waals surface area (Å²) >= 11 is -3.45. The van der Waals surface area contributed by atoms with E-state index in [-0.39, 0.29) is 50.3 Å². The fourth-order valence-corrected chi connectivity index (χ4v) is 1.10. The zero-order chi connectivity index (χ0) is 8.97. The summed E-state index contributed by atoms with van der Waals surface area (Å²) in [4.78, 5) is 10.9. The van der Waals surface area contributed by atoms with Crippen LogP contribution in [0.5, 0.6) is 0 Å². The molecule has 2 radical (unpaired) electrons. The van der Waals surface area contributed by atoms with Gasteiger partial charge in [0.25, 0.3) is 0 Å². The monoisotopic (exact) mass is 446 g/mol. The van der Waals surface area contributed by atoms with Crippen molar-refractivity contribution < 1.29 is 76.6 Å². The maximum absolute atomic E-state index is 10.9. The molecule has 0 saturated carbocycles. The van der Waals surface area contributed by atoms with Gasteiger partial charge in [0.15, 0.2) is 0 Å². The Morgan fingerprint density at radius 3 is 2.07 bits per heavy atom. The maximum Gasteiger partial charge on any atom is 0.506 e. The molecule has 0 aliphatic rings. The molecule has 0 aliphatic carbocycles. The summed E-state index contributed by atoms with van der Waals surface area (Å²) in [5.74, 6) is -0.837. The summed E-state index contributed by atoms with van der Waals surface area (Å²) < 4.78 is 24.0.